The van der Waals surface area contributed by atoms with E-state index in [-0.39, 0.29) is 18.1 Å². The second kappa shape index (κ2) is 8.54. The number of aromatic amines is 1. The predicted molar refractivity (Wildman–Crippen MR) is 116 cm³/mol. The van der Waals surface area contributed by atoms with Gasteiger partial charge in [-0.2, -0.15) is 10.5 Å². The molecule has 3 N–H and O–H groups in total. The normalized spacial score (nSPS) is 14.7. The number of allylic oxidation sites excluding steroid dienone is 1. The minimum atomic E-state index is -0.540. The number of fused-ring (bicyclic) bond motifs is 1. The number of halogens is 1. The number of benzene rings is 2. The lowest BCUT2D eigenvalue weighted by atomic mass is 9.84. The van der Waals surface area contributed by atoms with Gasteiger partial charge < -0.3 is 19.9 Å². The molecular formula is C23H18ClN5O3. The van der Waals surface area contributed by atoms with Crippen LogP contribution in [0.15, 0.2) is 47.9 Å². The van der Waals surface area contributed by atoms with Crippen molar-refractivity contribution in [2.75, 3.05) is 7.11 Å². The van der Waals surface area contributed by atoms with Gasteiger partial charge in [0.2, 0.25) is 11.8 Å². The first-order valence-electron chi connectivity index (χ1n) is 9.59. The molecule has 1 atom stereocenters. The first kappa shape index (κ1) is 21.1. The van der Waals surface area contributed by atoms with Crippen LogP contribution in [0.1, 0.15) is 33.9 Å². The molecule has 0 fully saturated rings. The van der Waals surface area contributed by atoms with Gasteiger partial charge in [0, 0.05) is 16.8 Å². The van der Waals surface area contributed by atoms with E-state index >= 15 is 0 Å². The Labute approximate surface area is 189 Å². The Morgan fingerprint density at radius 3 is 2.75 bits per heavy atom. The first-order chi connectivity index (χ1) is 15.5. The lowest BCUT2D eigenvalue weighted by Crippen LogP contribution is -2.21. The summed E-state index contributed by atoms with van der Waals surface area (Å²) in [6.07, 6.45) is 0. The second-order valence-electron chi connectivity index (χ2n) is 7.08. The maximum Gasteiger partial charge on any atom is 0.244 e. The lowest BCUT2D eigenvalue weighted by molar-refractivity contribution is 0.284. The van der Waals surface area contributed by atoms with Crippen molar-refractivity contribution >= 4 is 11.6 Å². The van der Waals surface area contributed by atoms with Gasteiger partial charge in [-0.3, -0.25) is 5.10 Å². The minimum Gasteiger partial charge on any atom is -0.493 e. The quantitative estimate of drug-likeness (QED) is 0.603. The van der Waals surface area contributed by atoms with Crippen molar-refractivity contribution in [3.8, 4) is 29.5 Å². The van der Waals surface area contributed by atoms with Crippen molar-refractivity contribution < 1.29 is 14.2 Å². The van der Waals surface area contributed by atoms with Crippen LogP contribution in [0, 0.1) is 29.6 Å². The molecule has 2 heterocycles. The number of hydrogen-bond donors (Lipinski definition) is 2. The number of aromatic nitrogens is 2. The van der Waals surface area contributed by atoms with Crippen LogP contribution >= 0.6 is 11.6 Å². The zero-order valence-electron chi connectivity index (χ0n) is 17.3. The van der Waals surface area contributed by atoms with Crippen LogP contribution in [0.25, 0.3) is 0 Å². The maximum atomic E-state index is 9.74. The summed E-state index contributed by atoms with van der Waals surface area (Å²) in [4.78, 5) is 0. The number of nitrogens with zero attached hydrogens (tertiary/aromatic N) is 3. The van der Waals surface area contributed by atoms with Crippen molar-refractivity contribution in [3.05, 3.63) is 80.8 Å². The van der Waals surface area contributed by atoms with Crippen LogP contribution in [0.4, 0.5) is 0 Å². The van der Waals surface area contributed by atoms with Crippen molar-refractivity contribution in [2.24, 2.45) is 5.73 Å². The van der Waals surface area contributed by atoms with E-state index in [1.807, 2.05) is 19.1 Å². The third-order valence-electron chi connectivity index (χ3n) is 5.22. The highest BCUT2D eigenvalue weighted by Crippen LogP contribution is 2.46. The lowest BCUT2D eigenvalue weighted by Gasteiger charge is -2.24. The molecule has 3 aromatic rings. The maximum absolute atomic E-state index is 9.74. The van der Waals surface area contributed by atoms with Gasteiger partial charge in [-0.05, 0) is 30.7 Å². The van der Waals surface area contributed by atoms with Crippen LogP contribution in [0.3, 0.4) is 0 Å². The van der Waals surface area contributed by atoms with Gasteiger partial charge in [-0.1, -0.05) is 29.8 Å². The molecule has 0 bridgehead atoms. The van der Waals surface area contributed by atoms with Crippen molar-refractivity contribution in [1.29, 1.82) is 10.5 Å². The van der Waals surface area contributed by atoms with E-state index in [1.165, 1.54) is 7.11 Å². The Morgan fingerprint density at radius 1 is 1.25 bits per heavy atom. The van der Waals surface area contributed by atoms with Crippen LogP contribution < -0.4 is 19.9 Å². The summed E-state index contributed by atoms with van der Waals surface area (Å²) < 4.78 is 17.0. The zero-order chi connectivity index (χ0) is 22.8. The molecule has 1 aliphatic heterocycles. The SMILES string of the molecule is COc1cc(C2C(C#N)=C(N)Oc3n[nH]c(C)c32)cc(Cl)c1OCc1ccccc1C#N. The molecule has 8 nitrogen and oxygen atoms in total. The molecule has 0 amide bonds. The van der Waals surface area contributed by atoms with Gasteiger partial charge >= 0.3 is 0 Å². The van der Waals surface area contributed by atoms with E-state index < -0.39 is 5.92 Å². The first-order valence-corrected chi connectivity index (χ1v) is 9.97. The fourth-order valence-electron chi connectivity index (χ4n) is 3.68. The highest BCUT2D eigenvalue weighted by atomic mass is 35.5. The number of rotatable bonds is 5. The molecule has 1 aromatic heterocycles. The highest BCUT2D eigenvalue weighted by Gasteiger charge is 2.35. The average molecular weight is 448 g/mol. The van der Waals surface area contributed by atoms with E-state index in [0.29, 0.717) is 39.1 Å². The summed E-state index contributed by atoms with van der Waals surface area (Å²) in [6.45, 7) is 1.97. The molecule has 0 spiro atoms. The molecule has 0 saturated heterocycles. The Balaban J connectivity index is 1.75. The third-order valence-corrected chi connectivity index (χ3v) is 5.51. The number of nitrogens with two attached hydrogens (primary N) is 1. The molecule has 1 unspecified atom stereocenters. The third kappa shape index (κ3) is 3.58. The van der Waals surface area contributed by atoms with Crippen LogP contribution in [0.2, 0.25) is 5.02 Å². The molecule has 4 rings (SSSR count). The fourth-order valence-corrected chi connectivity index (χ4v) is 3.96. The standard InChI is InChI=1S/C23H18ClN5O3/c1-12-19-20(16(10-26)22(27)32-23(19)29-28-12)15-7-17(24)21(18(8-15)30-2)31-11-14-6-4-3-5-13(14)9-25/h3-8,20H,11,27H2,1-2H3,(H,28,29). The van der Waals surface area contributed by atoms with Crippen LogP contribution in [-0.4, -0.2) is 17.3 Å². The van der Waals surface area contributed by atoms with Gasteiger partial charge in [0.15, 0.2) is 11.5 Å². The number of H-pyrrole nitrogens is 1. The molecular weight excluding hydrogens is 430 g/mol. The van der Waals surface area contributed by atoms with Gasteiger partial charge in [-0.25, -0.2) is 0 Å². The van der Waals surface area contributed by atoms with E-state index in [1.54, 1.807) is 24.3 Å². The van der Waals surface area contributed by atoms with E-state index in [9.17, 15) is 10.5 Å². The zero-order valence-corrected chi connectivity index (χ0v) is 18.0. The summed E-state index contributed by atoms with van der Waals surface area (Å²) in [5, 5.41) is 26.3. The van der Waals surface area contributed by atoms with Gasteiger partial charge in [0.25, 0.3) is 0 Å². The molecule has 2 aromatic carbocycles. The molecule has 0 aliphatic carbocycles. The number of ether oxygens (including phenoxy) is 3. The molecule has 0 saturated carbocycles. The fraction of sp³-hybridized carbons (Fsp3) is 0.174. The van der Waals surface area contributed by atoms with Crippen LogP contribution in [0.5, 0.6) is 17.4 Å². The number of aryl methyl sites for hydroxylation is 1. The van der Waals surface area contributed by atoms with E-state index in [4.69, 9.17) is 31.5 Å². The number of nitrogens with one attached hydrogen (secondary N) is 1. The Morgan fingerprint density at radius 2 is 2.03 bits per heavy atom. The van der Waals surface area contributed by atoms with Gasteiger partial charge in [0.05, 0.1) is 29.7 Å². The largest absolute Gasteiger partial charge is 0.493 e. The summed E-state index contributed by atoms with van der Waals surface area (Å²) in [7, 11) is 1.50. The van der Waals surface area contributed by atoms with Crippen molar-refractivity contribution in [2.45, 2.75) is 19.4 Å². The van der Waals surface area contributed by atoms with Gasteiger partial charge in [0.1, 0.15) is 18.2 Å². The summed E-state index contributed by atoms with van der Waals surface area (Å²) in [6, 6.07) is 14.9. The number of hydrogen-bond acceptors (Lipinski definition) is 7. The summed E-state index contributed by atoms with van der Waals surface area (Å²) in [5.41, 5.74) is 9.59. The van der Waals surface area contributed by atoms with E-state index in [0.717, 1.165) is 11.3 Å². The monoisotopic (exact) mass is 447 g/mol. The molecule has 0 radical (unpaired) electrons. The minimum absolute atomic E-state index is 0.0139. The molecule has 1 aliphatic rings. The molecule has 9 heteroatoms. The number of nitriles is 2. The van der Waals surface area contributed by atoms with Crippen molar-refractivity contribution in [1.82, 2.24) is 10.2 Å². The number of methoxy groups -OCH3 is 1. The Bertz CT molecular complexity index is 1320. The summed E-state index contributed by atoms with van der Waals surface area (Å²) >= 11 is 6.59. The van der Waals surface area contributed by atoms with E-state index in [2.05, 4.69) is 22.3 Å². The van der Waals surface area contributed by atoms with Crippen molar-refractivity contribution in [3.63, 3.8) is 0 Å². The summed E-state index contributed by atoms with van der Waals surface area (Å²) in [5.74, 6) is 0.471. The predicted octanol–water partition coefficient (Wildman–Crippen LogP) is 4.05. The smallest absolute Gasteiger partial charge is 0.244 e. The van der Waals surface area contributed by atoms with Crippen LogP contribution in [-0.2, 0) is 6.61 Å². The topological polar surface area (TPSA) is 130 Å². The molecule has 32 heavy (non-hydrogen) atoms. The highest BCUT2D eigenvalue weighted by molar-refractivity contribution is 6.32. The Kier molecular flexibility index (Phi) is 5.63. The molecule has 160 valence electrons. The average Bonchev–Trinajstić information content (AvgIpc) is 3.16. The van der Waals surface area contributed by atoms with Gasteiger partial charge in [-0.15, -0.1) is 5.10 Å². The Hall–Kier alpha value is -4.14. The second-order valence-corrected chi connectivity index (χ2v) is 7.49.